The molecule has 0 aliphatic rings. The number of sulfonamides is 1. The summed E-state index contributed by atoms with van der Waals surface area (Å²) in [6.45, 7) is 5.66. The van der Waals surface area contributed by atoms with Crippen molar-refractivity contribution in [3.63, 3.8) is 0 Å². The number of guanidine groups is 1. The fraction of sp³-hybridized carbons (Fsp3) is 0.316. The molecule has 2 rings (SSSR count). The van der Waals surface area contributed by atoms with E-state index in [2.05, 4.69) is 15.6 Å². The fourth-order valence-corrected chi connectivity index (χ4v) is 3.00. The van der Waals surface area contributed by atoms with Gasteiger partial charge in [-0.15, -0.1) is 24.0 Å². The first-order valence-electron chi connectivity index (χ1n) is 8.62. The lowest BCUT2D eigenvalue weighted by atomic mass is 10.1. The van der Waals surface area contributed by atoms with Gasteiger partial charge in [-0.3, -0.25) is 4.99 Å². The van der Waals surface area contributed by atoms with Crippen molar-refractivity contribution in [1.29, 1.82) is 0 Å². The number of nitrogens with zero attached hydrogens (tertiary/aromatic N) is 1. The highest BCUT2D eigenvalue weighted by molar-refractivity contribution is 14.0. The van der Waals surface area contributed by atoms with Gasteiger partial charge < -0.3 is 15.4 Å². The Labute approximate surface area is 183 Å². The molecule has 0 aromatic heterocycles. The third kappa shape index (κ3) is 7.28. The quantitative estimate of drug-likeness (QED) is 0.297. The number of aryl methyl sites for hydroxylation is 1. The van der Waals surface area contributed by atoms with Crippen LogP contribution in [0.25, 0.3) is 0 Å². The van der Waals surface area contributed by atoms with Gasteiger partial charge in [-0.05, 0) is 43.2 Å². The van der Waals surface area contributed by atoms with Crippen LogP contribution in [-0.2, 0) is 23.1 Å². The van der Waals surface area contributed by atoms with Gasteiger partial charge in [0.25, 0.3) is 0 Å². The highest BCUT2D eigenvalue weighted by Crippen LogP contribution is 2.20. The summed E-state index contributed by atoms with van der Waals surface area (Å²) in [6.07, 6.45) is 0. The number of hydrogen-bond donors (Lipinski definition) is 3. The van der Waals surface area contributed by atoms with Gasteiger partial charge in [-0.1, -0.05) is 24.3 Å². The van der Waals surface area contributed by atoms with Crippen molar-refractivity contribution in [1.82, 2.24) is 10.6 Å². The molecule has 0 atom stereocenters. The second-order valence-corrected chi connectivity index (χ2v) is 7.57. The molecule has 2 aromatic carbocycles. The van der Waals surface area contributed by atoms with Crippen LogP contribution in [0.4, 0.5) is 0 Å². The van der Waals surface area contributed by atoms with Gasteiger partial charge >= 0.3 is 0 Å². The highest BCUT2D eigenvalue weighted by Gasteiger charge is 2.08. The molecule has 0 spiro atoms. The van der Waals surface area contributed by atoms with Crippen molar-refractivity contribution in [3.05, 3.63) is 59.2 Å². The Morgan fingerprint density at radius 1 is 1.11 bits per heavy atom. The zero-order valence-corrected chi connectivity index (χ0v) is 19.4. The smallest absolute Gasteiger partial charge is 0.238 e. The molecule has 154 valence electrons. The lowest BCUT2D eigenvalue weighted by molar-refractivity contribution is 0.336. The first-order valence-corrected chi connectivity index (χ1v) is 10.2. The fourth-order valence-electron chi connectivity index (χ4n) is 2.48. The monoisotopic (exact) mass is 518 g/mol. The molecule has 0 bridgehead atoms. The van der Waals surface area contributed by atoms with Gasteiger partial charge in [0.2, 0.25) is 10.0 Å². The second kappa shape index (κ2) is 11.2. The Hall–Kier alpha value is -1.85. The predicted molar refractivity (Wildman–Crippen MR) is 123 cm³/mol. The van der Waals surface area contributed by atoms with E-state index < -0.39 is 10.0 Å². The van der Waals surface area contributed by atoms with Crippen LogP contribution in [-0.4, -0.2) is 28.0 Å². The minimum atomic E-state index is -3.68. The third-order valence-corrected chi connectivity index (χ3v) is 4.83. The molecule has 4 N–H and O–H groups in total. The molecule has 0 heterocycles. The number of halogens is 1. The van der Waals surface area contributed by atoms with E-state index in [1.165, 1.54) is 12.1 Å². The Morgan fingerprint density at radius 3 is 2.32 bits per heavy atom. The van der Waals surface area contributed by atoms with E-state index in [1.54, 1.807) is 19.2 Å². The van der Waals surface area contributed by atoms with Crippen LogP contribution in [0.15, 0.2) is 52.4 Å². The molecule has 0 fully saturated rings. The second-order valence-electron chi connectivity index (χ2n) is 6.01. The summed E-state index contributed by atoms with van der Waals surface area (Å²) in [6, 6.07) is 12.5. The number of primary sulfonamides is 1. The Balaban J connectivity index is 0.00000392. The molecule has 7 nitrogen and oxygen atoms in total. The number of aliphatic imine (C=N–C) groups is 1. The molecule has 0 aliphatic heterocycles. The van der Waals surface area contributed by atoms with Crippen molar-refractivity contribution < 1.29 is 13.2 Å². The van der Waals surface area contributed by atoms with E-state index in [-0.39, 0.29) is 28.9 Å². The van der Waals surface area contributed by atoms with E-state index in [0.717, 1.165) is 22.4 Å². The van der Waals surface area contributed by atoms with Crippen LogP contribution in [0.2, 0.25) is 0 Å². The first-order chi connectivity index (χ1) is 12.8. The Morgan fingerprint density at radius 2 is 1.75 bits per heavy atom. The molecule has 0 amide bonds. The molecule has 28 heavy (non-hydrogen) atoms. The molecular weight excluding hydrogens is 491 g/mol. The van der Waals surface area contributed by atoms with Gasteiger partial charge in [0, 0.05) is 25.7 Å². The molecule has 0 unspecified atom stereocenters. The van der Waals surface area contributed by atoms with E-state index >= 15 is 0 Å². The molecule has 2 aromatic rings. The molecule has 0 saturated carbocycles. The maximum absolute atomic E-state index is 11.3. The van der Waals surface area contributed by atoms with E-state index in [1.807, 2.05) is 32.0 Å². The summed E-state index contributed by atoms with van der Waals surface area (Å²) in [5.74, 6) is 1.49. The molecule has 9 heteroatoms. The molecule has 0 saturated heterocycles. The van der Waals surface area contributed by atoms with E-state index in [0.29, 0.717) is 25.7 Å². The summed E-state index contributed by atoms with van der Waals surface area (Å²) in [7, 11) is -1.98. The van der Waals surface area contributed by atoms with Crippen LogP contribution in [0.3, 0.4) is 0 Å². The maximum atomic E-state index is 11.3. The number of ether oxygens (including phenoxy) is 1. The number of nitrogens with two attached hydrogens (primary N) is 1. The standard InChI is InChI=1S/C19H26N4O3S.HI/c1-4-26-18-11-14(2)5-8-16(18)13-23-19(21-3)22-12-15-6-9-17(10-7-15)27(20,24)25;/h5-11H,4,12-13H2,1-3H3,(H2,20,24,25)(H2,21,22,23);1H. The minimum absolute atomic E-state index is 0. The van der Waals surface area contributed by atoms with E-state index in [4.69, 9.17) is 9.88 Å². The van der Waals surface area contributed by atoms with Gasteiger partial charge in [-0.25, -0.2) is 13.6 Å². The van der Waals surface area contributed by atoms with Gasteiger partial charge in [0.1, 0.15) is 5.75 Å². The molecular formula is C19H27IN4O3S. The number of benzene rings is 2. The number of rotatable bonds is 7. The normalized spacial score (nSPS) is 11.5. The summed E-state index contributed by atoms with van der Waals surface area (Å²) < 4.78 is 28.3. The Kier molecular flexibility index (Phi) is 9.70. The third-order valence-electron chi connectivity index (χ3n) is 3.90. The SMILES string of the molecule is CCOc1cc(C)ccc1CNC(=NC)NCc1ccc(S(N)(=O)=O)cc1.I. The predicted octanol–water partition coefficient (Wildman–Crippen LogP) is 2.52. The van der Waals surface area contributed by atoms with Gasteiger partial charge in [0.15, 0.2) is 5.96 Å². The van der Waals surface area contributed by atoms with Crippen LogP contribution in [0.5, 0.6) is 5.75 Å². The lowest BCUT2D eigenvalue weighted by Crippen LogP contribution is -2.36. The highest BCUT2D eigenvalue weighted by atomic mass is 127. The summed E-state index contributed by atoms with van der Waals surface area (Å²) in [5, 5.41) is 11.6. The van der Waals surface area contributed by atoms with Crippen molar-refractivity contribution in [2.24, 2.45) is 10.1 Å². The zero-order chi connectivity index (χ0) is 19.9. The van der Waals surface area contributed by atoms with Crippen molar-refractivity contribution in [2.45, 2.75) is 31.8 Å². The summed E-state index contributed by atoms with van der Waals surface area (Å²) in [5.41, 5.74) is 3.10. The summed E-state index contributed by atoms with van der Waals surface area (Å²) >= 11 is 0. The average molecular weight is 518 g/mol. The maximum Gasteiger partial charge on any atom is 0.238 e. The molecule has 0 aliphatic carbocycles. The van der Waals surface area contributed by atoms with Crippen LogP contribution in [0, 0.1) is 6.92 Å². The van der Waals surface area contributed by atoms with Crippen LogP contribution < -0.4 is 20.5 Å². The summed E-state index contributed by atoms with van der Waals surface area (Å²) in [4.78, 5) is 4.30. The van der Waals surface area contributed by atoms with Crippen molar-refractivity contribution in [2.75, 3.05) is 13.7 Å². The number of hydrogen-bond acceptors (Lipinski definition) is 4. The Bertz CT molecular complexity index is 900. The van der Waals surface area contributed by atoms with Crippen LogP contribution in [0.1, 0.15) is 23.6 Å². The topological polar surface area (TPSA) is 106 Å². The number of nitrogens with one attached hydrogen (secondary N) is 2. The van der Waals surface area contributed by atoms with Crippen molar-refractivity contribution in [3.8, 4) is 5.75 Å². The van der Waals surface area contributed by atoms with Crippen LogP contribution >= 0.6 is 24.0 Å². The van der Waals surface area contributed by atoms with Gasteiger partial charge in [0.05, 0.1) is 11.5 Å². The lowest BCUT2D eigenvalue weighted by Gasteiger charge is -2.15. The zero-order valence-electron chi connectivity index (χ0n) is 16.2. The minimum Gasteiger partial charge on any atom is -0.494 e. The molecule has 0 radical (unpaired) electrons. The van der Waals surface area contributed by atoms with Crippen molar-refractivity contribution >= 4 is 40.0 Å². The first kappa shape index (κ1) is 24.2. The van der Waals surface area contributed by atoms with Gasteiger partial charge in [-0.2, -0.15) is 0 Å². The largest absolute Gasteiger partial charge is 0.494 e. The average Bonchev–Trinajstić information content (AvgIpc) is 2.63. The van der Waals surface area contributed by atoms with E-state index in [9.17, 15) is 8.42 Å².